The Hall–Kier alpha value is -0.290. The maximum absolute atomic E-state index is 12.0. The molecule has 0 aromatic carbocycles. The second-order valence-electron chi connectivity index (χ2n) is 4.64. The van der Waals surface area contributed by atoms with Crippen molar-refractivity contribution in [2.45, 2.75) is 44.3 Å². The summed E-state index contributed by atoms with van der Waals surface area (Å²) in [6.45, 7) is 0.284. The first-order chi connectivity index (χ1) is 7.47. The lowest BCUT2D eigenvalue weighted by atomic mass is 9.95. The van der Waals surface area contributed by atoms with Crippen LogP contribution >= 0.6 is 0 Å². The zero-order valence-electron chi connectivity index (χ0n) is 9.82. The zero-order valence-corrected chi connectivity index (χ0v) is 9.82. The van der Waals surface area contributed by atoms with Crippen LogP contribution in [0.3, 0.4) is 0 Å². The van der Waals surface area contributed by atoms with Crippen molar-refractivity contribution in [3.63, 3.8) is 0 Å². The highest BCUT2D eigenvalue weighted by atomic mass is 19.4. The van der Waals surface area contributed by atoms with Crippen molar-refractivity contribution in [1.82, 2.24) is 10.2 Å². The molecule has 1 saturated carbocycles. The number of rotatable bonds is 5. The topological polar surface area (TPSA) is 15.3 Å². The van der Waals surface area contributed by atoms with E-state index < -0.39 is 12.7 Å². The van der Waals surface area contributed by atoms with Crippen molar-refractivity contribution in [1.29, 1.82) is 0 Å². The lowest BCUT2D eigenvalue weighted by molar-refractivity contribution is -0.142. The quantitative estimate of drug-likeness (QED) is 0.791. The molecule has 16 heavy (non-hydrogen) atoms. The Morgan fingerprint density at radius 1 is 1.19 bits per heavy atom. The number of halogens is 3. The molecule has 1 aliphatic carbocycles. The highest BCUT2D eigenvalue weighted by Crippen LogP contribution is 2.17. The number of alkyl halides is 3. The summed E-state index contributed by atoms with van der Waals surface area (Å²) < 4.78 is 36.1. The van der Waals surface area contributed by atoms with Crippen LogP contribution in [0.5, 0.6) is 0 Å². The normalized spacial score (nSPS) is 19.3. The lowest BCUT2D eigenvalue weighted by Gasteiger charge is -2.24. The van der Waals surface area contributed by atoms with Gasteiger partial charge in [0.15, 0.2) is 0 Å². The van der Waals surface area contributed by atoms with Gasteiger partial charge in [0.1, 0.15) is 0 Å². The Bertz CT molecular complexity index is 188. The smallest absolute Gasteiger partial charge is 0.313 e. The van der Waals surface area contributed by atoms with E-state index in [4.69, 9.17) is 0 Å². The molecule has 0 amide bonds. The highest BCUT2D eigenvalue weighted by molar-refractivity contribution is 4.72. The second kappa shape index (κ2) is 6.45. The van der Waals surface area contributed by atoms with Gasteiger partial charge in [-0.25, -0.2) is 0 Å². The third-order valence-electron chi connectivity index (χ3n) is 2.98. The van der Waals surface area contributed by atoms with Crippen LogP contribution in [0, 0.1) is 0 Å². The average Bonchev–Trinajstić information content (AvgIpc) is 2.16. The fourth-order valence-corrected chi connectivity index (χ4v) is 2.15. The van der Waals surface area contributed by atoms with Gasteiger partial charge in [-0.05, 0) is 19.9 Å². The maximum Gasteiger partial charge on any atom is 0.401 e. The van der Waals surface area contributed by atoms with E-state index in [-0.39, 0.29) is 0 Å². The second-order valence-corrected chi connectivity index (χ2v) is 4.64. The van der Waals surface area contributed by atoms with Crippen molar-refractivity contribution >= 4 is 0 Å². The van der Waals surface area contributed by atoms with E-state index >= 15 is 0 Å². The first kappa shape index (κ1) is 13.8. The van der Waals surface area contributed by atoms with E-state index in [1.807, 2.05) is 0 Å². The third kappa shape index (κ3) is 6.33. The van der Waals surface area contributed by atoms with Gasteiger partial charge in [0.25, 0.3) is 0 Å². The molecule has 0 atom stereocenters. The molecule has 0 spiro atoms. The summed E-state index contributed by atoms with van der Waals surface area (Å²) in [5.41, 5.74) is 0. The van der Waals surface area contributed by atoms with Crippen LogP contribution in [-0.2, 0) is 0 Å². The molecular formula is C11H21F3N2. The first-order valence-corrected chi connectivity index (χ1v) is 5.96. The summed E-state index contributed by atoms with van der Waals surface area (Å²) in [6, 6.07) is 0.521. The molecule has 0 bridgehead atoms. The minimum Gasteiger partial charge on any atom is -0.313 e. The summed E-state index contributed by atoms with van der Waals surface area (Å²) in [5.74, 6) is 0. The van der Waals surface area contributed by atoms with Gasteiger partial charge in [0.05, 0.1) is 6.54 Å². The number of hydrogen-bond donors (Lipinski definition) is 1. The number of likely N-dealkylation sites (N-methyl/N-ethyl adjacent to an activating group) is 1. The third-order valence-corrected chi connectivity index (χ3v) is 2.98. The molecule has 1 rings (SSSR count). The fourth-order valence-electron chi connectivity index (χ4n) is 2.15. The van der Waals surface area contributed by atoms with Crippen LogP contribution < -0.4 is 5.32 Å². The van der Waals surface area contributed by atoms with Gasteiger partial charge < -0.3 is 5.32 Å². The fraction of sp³-hybridized carbons (Fsp3) is 1.00. The van der Waals surface area contributed by atoms with Gasteiger partial charge in [-0.15, -0.1) is 0 Å². The summed E-state index contributed by atoms with van der Waals surface area (Å²) in [5, 5.41) is 3.33. The van der Waals surface area contributed by atoms with E-state index in [1.165, 1.54) is 44.1 Å². The van der Waals surface area contributed by atoms with Crippen LogP contribution in [0.15, 0.2) is 0 Å². The molecule has 0 aromatic rings. The number of nitrogens with one attached hydrogen (secondary N) is 1. The molecule has 0 unspecified atom stereocenters. The Balaban J connectivity index is 2.05. The Morgan fingerprint density at radius 2 is 1.81 bits per heavy atom. The van der Waals surface area contributed by atoms with Crippen molar-refractivity contribution in [3.05, 3.63) is 0 Å². The Kier molecular flexibility index (Phi) is 5.55. The van der Waals surface area contributed by atoms with E-state index in [0.29, 0.717) is 19.1 Å². The molecule has 1 fully saturated rings. The minimum absolute atomic E-state index is 0.454. The summed E-state index contributed by atoms with van der Waals surface area (Å²) >= 11 is 0. The van der Waals surface area contributed by atoms with Crippen LogP contribution in [-0.4, -0.2) is 43.8 Å². The van der Waals surface area contributed by atoms with E-state index in [9.17, 15) is 13.2 Å². The van der Waals surface area contributed by atoms with Gasteiger partial charge in [0, 0.05) is 19.1 Å². The molecule has 0 aliphatic heterocycles. The number of hydrogen-bond acceptors (Lipinski definition) is 2. The monoisotopic (exact) mass is 238 g/mol. The van der Waals surface area contributed by atoms with Gasteiger partial charge in [0.2, 0.25) is 0 Å². The molecule has 0 heterocycles. The predicted octanol–water partition coefficient (Wildman–Crippen LogP) is 2.40. The maximum atomic E-state index is 12.0. The van der Waals surface area contributed by atoms with E-state index in [0.717, 1.165) is 0 Å². The molecule has 1 aliphatic rings. The standard InChI is InChI=1S/C11H21F3N2/c1-16(9-11(12,13)14)8-7-15-10-5-3-2-4-6-10/h10,15H,2-9H2,1H3. The number of nitrogens with zero attached hydrogens (tertiary/aromatic N) is 1. The van der Waals surface area contributed by atoms with Crippen LogP contribution in [0.2, 0.25) is 0 Å². The molecule has 96 valence electrons. The molecular weight excluding hydrogens is 217 g/mol. The van der Waals surface area contributed by atoms with Crippen LogP contribution in [0.1, 0.15) is 32.1 Å². The van der Waals surface area contributed by atoms with E-state index in [1.54, 1.807) is 0 Å². The van der Waals surface area contributed by atoms with Crippen molar-refractivity contribution in [2.75, 3.05) is 26.7 Å². The Labute approximate surface area is 95.2 Å². The summed E-state index contributed by atoms with van der Waals surface area (Å²) in [6.07, 6.45) is 2.05. The molecule has 1 N–H and O–H groups in total. The largest absolute Gasteiger partial charge is 0.401 e. The van der Waals surface area contributed by atoms with Crippen LogP contribution in [0.4, 0.5) is 13.2 Å². The Morgan fingerprint density at radius 3 is 2.38 bits per heavy atom. The molecule has 0 radical (unpaired) electrons. The van der Waals surface area contributed by atoms with Crippen molar-refractivity contribution < 1.29 is 13.2 Å². The van der Waals surface area contributed by atoms with Crippen molar-refractivity contribution in [2.24, 2.45) is 0 Å². The molecule has 2 nitrogen and oxygen atoms in total. The molecule has 0 aromatic heterocycles. The summed E-state index contributed by atoms with van der Waals surface area (Å²) in [4.78, 5) is 1.32. The van der Waals surface area contributed by atoms with Gasteiger partial charge in [-0.1, -0.05) is 19.3 Å². The minimum atomic E-state index is -4.08. The first-order valence-electron chi connectivity index (χ1n) is 5.96. The van der Waals surface area contributed by atoms with E-state index in [2.05, 4.69) is 5.32 Å². The van der Waals surface area contributed by atoms with Crippen LogP contribution in [0.25, 0.3) is 0 Å². The summed E-state index contributed by atoms with van der Waals surface area (Å²) in [7, 11) is 1.51. The average molecular weight is 238 g/mol. The molecule has 0 saturated heterocycles. The SMILES string of the molecule is CN(CCNC1CCCCC1)CC(F)(F)F. The predicted molar refractivity (Wildman–Crippen MR) is 58.4 cm³/mol. The molecule has 5 heteroatoms. The highest BCUT2D eigenvalue weighted by Gasteiger charge is 2.28. The zero-order chi connectivity index (χ0) is 12.0. The van der Waals surface area contributed by atoms with Gasteiger partial charge >= 0.3 is 6.18 Å². The van der Waals surface area contributed by atoms with Gasteiger partial charge in [-0.2, -0.15) is 13.2 Å². The van der Waals surface area contributed by atoms with Gasteiger partial charge in [-0.3, -0.25) is 4.90 Å². The lowest BCUT2D eigenvalue weighted by Crippen LogP contribution is -2.39. The van der Waals surface area contributed by atoms with Crippen molar-refractivity contribution in [3.8, 4) is 0 Å².